The lowest BCUT2D eigenvalue weighted by Gasteiger charge is -2.06. The zero-order chi connectivity index (χ0) is 9.14. The first-order valence-electron chi connectivity index (χ1n) is 3.67. The predicted octanol–water partition coefficient (Wildman–Crippen LogP) is 1.25. The van der Waals surface area contributed by atoms with Crippen LogP contribution in [0, 0.1) is 0 Å². The molecule has 1 atom stereocenters. The van der Waals surface area contributed by atoms with Crippen LogP contribution in [0.5, 0.6) is 0 Å². The van der Waals surface area contributed by atoms with E-state index in [1.165, 1.54) is 0 Å². The number of halogens is 1. The summed E-state index contributed by atoms with van der Waals surface area (Å²) in [5.74, 6) is 0. The molecule has 3 nitrogen and oxygen atoms in total. The normalized spacial score (nSPS) is 13.0. The maximum Gasteiger partial charge on any atom is 0.0868 e. The molecule has 3 N–H and O–H groups in total. The van der Waals surface area contributed by atoms with Gasteiger partial charge in [-0.25, -0.2) is 0 Å². The molecule has 0 aliphatic rings. The van der Waals surface area contributed by atoms with Gasteiger partial charge in [-0.2, -0.15) is 0 Å². The predicted molar refractivity (Wildman–Crippen MR) is 47.8 cm³/mol. The summed E-state index contributed by atoms with van der Waals surface area (Å²) in [6, 6.07) is 3.32. The Bertz CT molecular complexity index is 276. The van der Waals surface area contributed by atoms with Crippen LogP contribution < -0.4 is 5.73 Å². The van der Waals surface area contributed by atoms with Gasteiger partial charge in [0.05, 0.1) is 23.0 Å². The molecule has 0 radical (unpaired) electrons. The maximum atomic E-state index is 8.84. The van der Waals surface area contributed by atoms with Gasteiger partial charge in [-0.1, -0.05) is 11.6 Å². The number of aliphatic hydroxyl groups is 1. The summed E-state index contributed by atoms with van der Waals surface area (Å²) in [6.07, 6.45) is 0. The standard InChI is InChI=1S/C8H11ClN2O/c1-5(10)7-3-2-6(9)8(4-12)11-7/h2-3,5,12H,4,10H2,1H3/t5-/m1/s1. The van der Waals surface area contributed by atoms with Crippen molar-refractivity contribution >= 4 is 11.6 Å². The molecule has 0 saturated heterocycles. The minimum atomic E-state index is -0.153. The number of hydrogen-bond acceptors (Lipinski definition) is 3. The first-order chi connectivity index (χ1) is 5.65. The summed E-state index contributed by atoms with van der Waals surface area (Å²) in [4.78, 5) is 4.08. The summed E-state index contributed by atoms with van der Waals surface area (Å²) in [6.45, 7) is 1.68. The van der Waals surface area contributed by atoms with Gasteiger partial charge in [-0.3, -0.25) is 4.98 Å². The van der Waals surface area contributed by atoms with Crippen molar-refractivity contribution in [3.05, 3.63) is 28.5 Å². The molecule has 0 spiro atoms. The number of aliphatic hydroxyl groups excluding tert-OH is 1. The Morgan fingerprint density at radius 2 is 2.33 bits per heavy atom. The Labute approximate surface area is 76.2 Å². The Hall–Kier alpha value is -0.640. The van der Waals surface area contributed by atoms with Gasteiger partial charge in [0.15, 0.2) is 0 Å². The molecule has 4 heteroatoms. The second kappa shape index (κ2) is 3.85. The topological polar surface area (TPSA) is 59.1 Å². The van der Waals surface area contributed by atoms with E-state index in [-0.39, 0.29) is 12.6 Å². The van der Waals surface area contributed by atoms with Crippen molar-refractivity contribution in [1.82, 2.24) is 4.98 Å². The minimum absolute atomic E-state index is 0.132. The molecule has 0 aliphatic carbocycles. The number of aromatic nitrogens is 1. The first-order valence-corrected chi connectivity index (χ1v) is 4.04. The quantitative estimate of drug-likeness (QED) is 0.731. The van der Waals surface area contributed by atoms with E-state index in [0.29, 0.717) is 10.7 Å². The fourth-order valence-corrected chi connectivity index (χ4v) is 1.03. The van der Waals surface area contributed by atoms with Crippen molar-refractivity contribution < 1.29 is 5.11 Å². The van der Waals surface area contributed by atoms with Crippen LogP contribution in [0.2, 0.25) is 5.02 Å². The Kier molecular flexibility index (Phi) is 3.03. The highest BCUT2D eigenvalue weighted by Crippen LogP contribution is 2.16. The van der Waals surface area contributed by atoms with Crippen LogP contribution in [-0.2, 0) is 6.61 Å². The van der Waals surface area contributed by atoms with Gasteiger partial charge in [0.25, 0.3) is 0 Å². The smallest absolute Gasteiger partial charge is 0.0868 e. The van der Waals surface area contributed by atoms with Crippen LogP contribution >= 0.6 is 11.6 Å². The summed E-state index contributed by atoms with van der Waals surface area (Å²) in [5.41, 5.74) is 6.82. The monoisotopic (exact) mass is 186 g/mol. The number of pyridine rings is 1. The van der Waals surface area contributed by atoms with E-state index in [0.717, 1.165) is 5.69 Å². The van der Waals surface area contributed by atoms with Gasteiger partial charge in [0.1, 0.15) is 0 Å². The highest BCUT2D eigenvalue weighted by molar-refractivity contribution is 6.31. The van der Waals surface area contributed by atoms with E-state index in [4.69, 9.17) is 22.4 Å². The fourth-order valence-electron chi connectivity index (χ4n) is 0.866. The maximum absolute atomic E-state index is 8.84. The zero-order valence-electron chi connectivity index (χ0n) is 6.79. The molecule has 0 fully saturated rings. The molecule has 0 aromatic carbocycles. The fraction of sp³-hybridized carbons (Fsp3) is 0.375. The third-order valence-electron chi connectivity index (χ3n) is 1.56. The average molecular weight is 187 g/mol. The van der Waals surface area contributed by atoms with Crippen LogP contribution in [0.25, 0.3) is 0 Å². The third-order valence-corrected chi connectivity index (χ3v) is 1.90. The van der Waals surface area contributed by atoms with Gasteiger partial charge in [0, 0.05) is 6.04 Å². The Morgan fingerprint density at radius 3 is 2.83 bits per heavy atom. The first kappa shape index (κ1) is 9.45. The largest absolute Gasteiger partial charge is 0.390 e. The van der Waals surface area contributed by atoms with Crippen molar-refractivity contribution in [2.24, 2.45) is 5.73 Å². The molecule has 0 bridgehead atoms. The van der Waals surface area contributed by atoms with Gasteiger partial charge in [-0.15, -0.1) is 0 Å². The van der Waals surface area contributed by atoms with Crippen molar-refractivity contribution in [3.8, 4) is 0 Å². The molecular weight excluding hydrogens is 176 g/mol. The van der Waals surface area contributed by atoms with Crippen LogP contribution in [0.4, 0.5) is 0 Å². The van der Waals surface area contributed by atoms with E-state index in [1.807, 2.05) is 6.92 Å². The summed E-state index contributed by atoms with van der Waals surface area (Å²) < 4.78 is 0. The SMILES string of the molecule is C[C@@H](N)c1ccc(Cl)c(CO)n1. The lowest BCUT2D eigenvalue weighted by Crippen LogP contribution is -2.08. The van der Waals surface area contributed by atoms with Crippen LogP contribution in [0.1, 0.15) is 24.4 Å². The molecule has 66 valence electrons. The third kappa shape index (κ3) is 1.94. The van der Waals surface area contributed by atoms with E-state index < -0.39 is 0 Å². The van der Waals surface area contributed by atoms with Crippen molar-refractivity contribution in [1.29, 1.82) is 0 Å². The lowest BCUT2D eigenvalue weighted by atomic mass is 10.2. The highest BCUT2D eigenvalue weighted by atomic mass is 35.5. The number of nitrogens with zero attached hydrogens (tertiary/aromatic N) is 1. The summed E-state index contributed by atoms with van der Waals surface area (Å²) in [5, 5.41) is 9.31. The second-order valence-electron chi connectivity index (χ2n) is 2.61. The van der Waals surface area contributed by atoms with E-state index in [1.54, 1.807) is 12.1 Å². The Balaban J connectivity index is 3.05. The highest BCUT2D eigenvalue weighted by Gasteiger charge is 2.05. The molecule has 1 aromatic rings. The minimum Gasteiger partial charge on any atom is -0.390 e. The van der Waals surface area contributed by atoms with Crippen molar-refractivity contribution in [3.63, 3.8) is 0 Å². The average Bonchev–Trinajstić information content (AvgIpc) is 2.05. The van der Waals surface area contributed by atoms with E-state index in [9.17, 15) is 0 Å². The van der Waals surface area contributed by atoms with Crippen LogP contribution in [-0.4, -0.2) is 10.1 Å². The molecule has 0 aliphatic heterocycles. The van der Waals surface area contributed by atoms with Crippen molar-refractivity contribution in [2.45, 2.75) is 19.6 Å². The molecule has 1 aromatic heterocycles. The number of rotatable bonds is 2. The van der Waals surface area contributed by atoms with Crippen LogP contribution in [0.3, 0.4) is 0 Å². The summed E-state index contributed by atoms with van der Waals surface area (Å²) in [7, 11) is 0. The molecule has 0 saturated carbocycles. The van der Waals surface area contributed by atoms with Crippen molar-refractivity contribution in [2.75, 3.05) is 0 Å². The van der Waals surface area contributed by atoms with Gasteiger partial charge in [-0.05, 0) is 19.1 Å². The molecule has 0 unspecified atom stereocenters. The molecular formula is C8H11ClN2O. The zero-order valence-corrected chi connectivity index (χ0v) is 7.54. The van der Waals surface area contributed by atoms with Gasteiger partial charge in [0.2, 0.25) is 0 Å². The van der Waals surface area contributed by atoms with Crippen LogP contribution in [0.15, 0.2) is 12.1 Å². The van der Waals surface area contributed by atoms with E-state index >= 15 is 0 Å². The van der Waals surface area contributed by atoms with E-state index in [2.05, 4.69) is 4.98 Å². The molecule has 12 heavy (non-hydrogen) atoms. The lowest BCUT2D eigenvalue weighted by molar-refractivity contribution is 0.276. The second-order valence-corrected chi connectivity index (χ2v) is 3.02. The van der Waals surface area contributed by atoms with Gasteiger partial charge < -0.3 is 10.8 Å². The number of hydrogen-bond donors (Lipinski definition) is 2. The molecule has 1 rings (SSSR count). The van der Waals surface area contributed by atoms with Gasteiger partial charge >= 0.3 is 0 Å². The molecule has 1 heterocycles. The Morgan fingerprint density at radius 1 is 1.67 bits per heavy atom. The molecule has 0 amide bonds. The summed E-state index contributed by atoms with van der Waals surface area (Å²) >= 11 is 5.74. The number of nitrogens with two attached hydrogens (primary N) is 1.